The van der Waals surface area contributed by atoms with Gasteiger partial charge >= 0.3 is 0 Å². The maximum atomic E-state index is 9.54. The van der Waals surface area contributed by atoms with Crippen LogP contribution in [-0.2, 0) is 0 Å². The fourth-order valence-electron chi connectivity index (χ4n) is 6.06. The zero-order valence-electron chi connectivity index (χ0n) is 36.9. The van der Waals surface area contributed by atoms with Crippen molar-refractivity contribution >= 4 is 43.9 Å². The van der Waals surface area contributed by atoms with E-state index in [1.165, 1.54) is 0 Å². The van der Waals surface area contributed by atoms with Crippen LogP contribution in [0.2, 0.25) is 0 Å². The summed E-state index contributed by atoms with van der Waals surface area (Å²) in [5.41, 5.74) is 2.46. The molecule has 234 valence electrons. The molecule has 0 aliphatic rings. The summed E-state index contributed by atoms with van der Waals surface area (Å²) >= 11 is 0. The number of hydrogen-bond acceptors (Lipinski definition) is 5. The Morgan fingerprint density at radius 2 is 0.980 bits per heavy atom. The maximum absolute atomic E-state index is 9.54. The number of para-hydroxylation sites is 2. The number of hydrogen-bond donors (Lipinski definition) is 0. The van der Waals surface area contributed by atoms with E-state index in [-0.39, 0.29) is 45.0 Å². The number of aromatic nitrogens is 3. The standard InChI is InChI=1S/C45H27N3O2/c1-2-9-28(10-3-1)29-17-19-30(20-18-29)43-46-44(48-45(47-43)34-22-24-38-36-14-5-7-16-40(36)50-42(38)27-34)33-12-8-11-31(25-33)32-21-23-37-35-13-4-6-15-39(35)49-41(37)26-32/h1-27H/i4D,6D,8D,11D,12D,13D,15D,21D,23D,25D,26D. The minimum absolute atomic E-state index is 0.149. The molecule has 0 spiro atoms. The van der Waals surface area contributed by atoms with Crippen LogP contribution in [0.25, 0.3) is 100 Å². The number of fused-ring (bicyclic) bond motifs is 6. The summed E-state index contributed by atoms with van der Waals surface area (Å²) in [5.74, 6) is 0.125. The molecular formula is C45H27N3O2. The first-order valence-electron chi connectivity index (χ1n) is 21.2. The third-order valence-corrected chi connectivity index (χ3v) is 8.51. The number of rotatable bonds is 5. The summed E-state index contributed by atoms with van der Waals surface area (Å²) in [6.07, 6.45) is 0. The zero-order chi connectivity index (χ0) is 42.6. The van der Waals surface area contributed by atoms with Crippen LogP contribution < -0.4 is 0 Å². The highest BCUT2D eigenvalue weighted by Crippen LogP contribution is 2.35. The summed E-state index contributed by atoms with van der Waals surface area (Å²) in [6, 6.07) is 23.9. The Bertz CT molecular complexity index is 3500. The van der Waals surface area contributed by atoms with Gasteiger partial charge in [0.05, 0.1) is 15.1 Å². The third kappa shape index (κ3) is 4.83. The van der Waals surface area contributed by atoms with Gasteiger partial charge < -0.3 is 8.83 Å². The van der Waals surface area contributed by atoms with E-state index in [0.29, 0.717) is 22.3 Å². The molecule has 10 aromatic rings. The number of furan rings is 2. The predicted octanol–water partition coefficient (Wildman–Crippen LogP) is 12.0. The summed E-state index contributed by atoms with van der Waals surface area (Å²) in [7, 11) is 0. The fourth-order valence-corrected chi connectivity index (χ4v) is 6.06. The minimum Gasteiger partial charge on any atom is -0.456 e. The van der Waals surface area contributed by atoms with Gasteiger partial charge in [-0.25, -0.2) is 15.0 Å². The highest BCUT2D eigenvalue weighted by atomic mass is 16.3. The van der Waals surface area contributed by atoms with E-state index in [9.17, 15) is 2.74 Å². The van der Waals surface area contributed by atoms with Crippen LogP contribution in [0.4, 0.5) is 0 Å². The van der Waals surface area contributed by atoms with Crippen LogP contribution in [0.5, 0.6) is 0 Å². The summed E-state index contributed by atoms with van der Waals surface area (Å²) in [5, 5.41) is 1.41. The number of nitrogens with zero attached hydrogens (tertiary/aromatic N) is 3. The molecule has 0 bridgehead atoms. The highest BCUT2D eigenvalue weighted by Gasteiger charge is 2.16. The average Bonchev–Trinajstić information content (AvgIpc) is 3.87. The van der Waals surface area contributed by atoms with Crippen molar-refractivity contribution in [3.63, 3.8) is 0 Å². The van der Waals surface area contributed by atoms with E-state index < -0.39 is 77.6 Å². The maximum Gasteiger partial charge on any atom is 0.164 e. The molecule has 0 saturated carbocycles. The van der Waals surface area contributed by atoms with Gasteiger partial charge in [0.1, 0.15) is 22.3 Å². The molecule has 0 fully saturated rings. The third-order valence-electron chi connectivity index (χ3n) is 8.51. The van der Waals surface area contributed by atoms with E-state index in [0.717, 1.165) is 21.9 Å². The Labute approximate surface area is 302 Å². The molecule has 5 nitrogen and oxygen atoms in total. The van der Waals surface area contributed by atoms with Crippen molar-refractivity contribution in [1.82, 2.24) is 15.0 Å². The van der Waals surface area contributed by atoms with Crippen molar-refractivity contribution in [1.29, 1.82) is 0 Å². The lowest BCUT2D eigenvalue weighted by Gasteiger charge is -2.10. The average molecular weight is 653 g/mol. The molecule has 0 aliphatic heterocycles. The van der Waals surface area contributed by atoms with Gasteiger partial charge in [-0.3, -0.25) is 0 Å². The van der Waals surface area contributed by atoms with E-state index in [1.807, 2.05) is 91.0 Å². The van der Waals surface area contributed by atoms with Crippen LogP contribution in [0.3, 0.4) is 0 Å². The van der Waals surface area contributed by atoms with Gasteiger partial charge in [0.2, 0.25) is 0 Å². The number of benzene rings is 7. The second-order valence-electron chi connectivity index (χ2n) is 11.6. The molecule has 0 amide bonds. The lowest BCUT2D eigenvalue weighted by Crippen LogP contribution is -2.00. The first-order valence-corrected chi connectivity index (χ1v) is 15.7. The normalized spacial score (nSPS) is 14.7. The fraction of sp³-hybridized carbons (Fsp3) is 0. The molecule has 7 aromatic carbocycles. The van der Waals surface area contributed by atoms with Crippen molar-refractivity contribution < 1.29 is 23.9 Å². The van der Waals surface area contributed by atoms with Gasteiger partial charge in [0, 0.05) is 38.2 Å². The van der Waals surface area contributed by atoms with E-state index >= 15 is 0 Å². The molecule has 5 heteroatoms. The molecule has 3 aromatic heterocycles. The Balaban J connectivity index is 1.21. The Kier molecular flexibility index (Phi) is 4.38. The molecule has 0 atom stereocenters. The predicted molar refractivity (Wildman–Crippen MR) is 202 cm³/mol. The molecule has 50 heavy (non-hydrogen) atoms. The van der Waals surface area contributed by atoms with Crippen LogP contribution in [0.1, 0.15) is 15.1 Å². The second kappa shape index (κ2) is 11.4. The van der Waals surface area contributed by atoms with Crippen molar-refractivity contribution in [2.75, 3.05) is 0 Å². The largest absolute Gasteiger partial charge is 0.456 e. The Hall–Kier alpha value is -6.85. The molecule has 0 aliphatic carbocycles. The minimum atomic E-state index is -0.666. The topological polar surface area (TPSA) is 65.0 Å². The van der Waals surface area contributed by atoms with Crippen molar-refractivity contribution in [2.24, 2.45) is 0 Å². The molecule has 0 N–H and O–H groups in total. The lowest BCUT2D eigenvalue weighted by atomic mass is 10.0. The van der Waals surface area contributed by atoms with Gasteiger partial charge in [-0.15, -0.1) is 0 Å². The van der Waals surface area contributed by atoms with Crippen LogP contribution >= 0.6 is 0 Å². The molecule has 3 heterocycles. The monoisotopic (exact) mass is 652 g/mol. The van der Waals surface area contributed by atoms with Crippen molar-refractivity contribution in [3.8, 4) is 56.4 Å². The van der Waals surface area contributed by atoms with Gasteiger partial charge in [-0.05, 0) is 64.6 Å². The second-order valence-corrected chi connectivity index (χ2v) is 11.6. The Morgan fingerprint density at radius 3 is 1.86 bits per heavy atom. The first kappa shape index (κ1) is 19.2. The molecule has 0 radical (unpaired) electrons. The summed E-state index contributed by atoms with van der Waals surface area (Å²) in [4.78, 5) is 14.3. The van der Waals surface area contributed by atoms with Crippen LogP contribution in [-0.4, -0.2) is 15.0 Å². The molecule has 0 unspecified atom stereocenters. The van der Waals surface area contributed by atoms with Gasteiger partial charge in [0.25, 0.3) is 0 Å². The van der Waals surface area contributed by atoms with E-state index in [2.05, 4.69) is 0 Å². The smallest absolute Gasteiger partial charge is 0.164 e. The molecule has 10 rings (SSSR count). The summed E-state index contributed by atoms with van der Waals surface area (Å²) < 4.78 is 109. The SMILES string of the molecule is [2H]c1c([2H])c(-c2nc(-c3ccc(-c4ccccc4)cc3)nc(-c3ccc4c(c3)oc3ccccc34)n2)c([2H])c(-c2c([2H])c([2H])c3c(oc4c([2H])c([2H])c([2H])c([2H])c43)c2[2H])c1[2H]. The quantitative estimate of drug-likeness (QED) is 0.185. The first-order chi connectivity index (χ1) is 29.3. The lowest BCUT2D eigenvalue weighted by molar-refractivity contribution is 0.668. The van der Waals surface area contributed by atoms with Crippen molar-refractivity contribution in [2.45, 2.75) is 0 Å². The molecule has 0 saturated heterocycles. The van der Waals surface area contributed by atoms with Gasteiger partial charge in [0.15, 0.2) is 17.5 Å². The Morgan fingerprint density at radius 1 is 0.360 bits per heavy atom. The van der Waals surface area contributed by atoms with Gasteiger partial charge in [-0.2, -0.15) is 0 Å². The van der Waals surface area contributed by atoms with Crippen LogP contribution in [0, 0.1) is 0 Å². The van der Waals surface area contributed by atoms with E-state index in [4.69, 9.17) is 36.1 Å². The molecular weight excluding hydrogens is 615 g/mol. The summed E-state index contributed by atoms with van der Waals surface area (Å²) in [6.45, 7) is 0. The van der Waals surface area contributed by atoms with E-state index in [1.54, 1.807) is 6.07 Å². The van der Waals surface area contributed by atoms with Crippen LogP contribution in [0.15, 0.2) is 172 Å². The highest BCUT2D eigenvalue weighted by molar-refractivity contribution is 6.06. The van der Waals surface area contributed by atoms with Crippen molar-refractivity contribution in [3.05, 3.63) is 164 Å². The zero-order valence-corrected chi connectivity index (χ0v) is 25.9. The van der Waals surface area contributed by atoms with Gasteiger partial charge in [-0.1, -0.05) is 121 Å².